The normalized spacial score (nSPS) is 15.5. The van der Waals surface area contributed by atoms with Gasteiger partial charge in [-0.2, -0.15) is 0 Å². The van der Waals surface area contributed by atoms with Crippen LogP contribution in [0.25, 0.3) is 6.08 Å². The van der Waals surface area contributed by atoms with Crippen molar-refractivity contribution in [3.8, 4) is 11.5 Å². The number of thioether (sulfide) groups is 1. The van der Waals surface area contributed by atoms with Crippen LogP contribution in [0.3, 0.4) is 0 Å². The van der Waals surface area contributed by atoms with Gasteiger partial charge in [-0.3, -0.25) is 4.79 Å². The Labute approximate surface area is 209 Å². The Kier molecular flexibility index (Phi) is 7.46. The molecule has 0 bridgehead atoms. The van der Waals surface area contributed by atoms with E-state index in [0.717, 1.165) is 14.8 Å². The molecule has 1 N–H and O–H groups in total. The van der Waals surface area contributed by atoms with Crippen LogP contribution in [-0.4, -0.2) is 23.7 Å². The van der Waals surface area contributed by atoms with E-state index in [-0.39, 0.29) is 5.91 Å². The zero-order chi connectivity index (χ0) is 23.2. The van der Waals surface area contributed by atoms with Crippen molar-refractivity contribution in [2.24, 2.45) is 4.99 Å². The van der Waals surface area contributed by atoms with Gasteiger partial charge in [-0.25, -0.2) is 9.79 Å². The number of para-hydroxylation sites is 1. The van der Waals surface area contributed by atoms with Crippen LogP contribution in [0.2, 0.25) is 0 Å². The minimum atomic E-state index is -0.459. The van der Waals surface area contributed by atoms with Gasteiger partial charge in [0.05, 0.1) is 22.8 Å². The van der Waals surface area contributed by atoms with Crippen molar-refractivity contribution in [2.45, 2.75) is 6.92 Å². The number of nitrogens with one attached hydrogen (secondary N) is 1. The van der Waals surface area contributed by atoms with Crippen LogP contribution in [0.5, 0.6) is 11.5 Å². The Morgan fingerprint density at radius 1 is 1.06 bits per heavy atom. The summed E-state index contributed by atoms with van der Waals surface area (Å²) in [5.41, 5.74) is 1.99. The van der Waals surface area contributed by atoms with Crippen molar-refractivity contribution in [1.82, 2.24) is 5.32 Å². The lowest BCUT2D eigenvalue weighted by molar-refractivity contribution is -0.115. The second kappa shape index (κ2) is 10.7. The first-order valence-corrected chi connectivity index (χ1v) is 12.0. The fourth-order valence-electron chi connectivity index (χ4n) is 3.00. The van der Waals surface area contributed by atoms with Crippen molar-refractivity contribution in [3.05, 3.63) is 92.4 Å². The first-order chi connectivity index (χ1) is 16.0. The molecule has 0 aromatic heterocycles. The van der Waals surface area contributed by atoms with E-state index in [0.29, 0.717) is 33.7 Å². The van der Waals surface area contributed by atoms with Crippen molar-refractivity contribution in [3.63, 3.8) is 0 Å². The highest BCUT2D eigenvalue weighted by Gasteiger charge is 2.24. The smallest absolute Gasteiger partial charge is 0.344 e. The number of hydrogen-bond acceptors (Lipinski definition) is 6. The number of rotatable bonds is 6. The molecule has 33 heavy (non-hydrogen) atoms. The summed E-state index contributed by atoms with van der Waals surface area (Å²) in [7, 11) is 0. The number of carbonyl (C=O) groups excluding carboxylic acids is 2. The molecule has 4 rings (SSSR count). The van der Waals surface area contributed by atoms with Gasteiger partial charge in [0.25, 0.3) is 5.91 Å². The second-order valence-electron chi connectivity index (χ2n) is 6.83. The highest BCUT2D eigenvalue weighted by molar-refractivity contribution is 14.1. The molecule has 8 heteroatoms. The zero-order valence-corrected chi connectivity index (χ0v) is 20.6. The average Bonchev–Trinajstić information content (AvgIpc) is 3.15. The van der Waals surface area contributed by atoms with Crippen LogP contribution in [0.1, 0.15) is 22.8 Å². The number of ether oxygens (including phenoxy) is 2. The molecule has 1 amide bonds. The van der Waals surface area contributed by atoms with Gasteiger partial charge in [0.2, 0.25) is 0 Å². The maximum atomic E-state index is 12.6. The molecule has 1 heterocycles. The van der Waals surface area contributed by atoms with Crippen molar-refractivity contribution in [2.75, 3.05) is 6.61 Å². The van der Waals surface area contributed by atoms with Crippen molar-refractivity contribution >= 4 is 63.2 Å². The van der Waals surface area contributed by atoms with E-state index >= 15 is 0 Å². The molecule has 0 atom stereocenters. The van der Waals surface area contributed by atoms with Crippen molar-refractivity contribution < 1.29 is 19.1 Å². The van der Waals surface area contributed by atoms with Gasteiger partial charge < -0.3 is 14.8 Å². The number of benzene rings is 3. The summed E-state index contributed by atoms with van der Waals surface area (Å²) in [6.07, 6.45) is 1.75. The van der Waals surface area contributed by atoms with E-state index in [2.05, 4.69) is 32.9 Å². The Morgan fingerprint density at radius 2 is 1.82 bits per heavy atom. The molecule has 6 nitrogen and oxygen atoms in total. The molecule has 1 fully saturated rings. The number of esters is 1. The molecule has 166 valence electrons. The van der Waals surface area contributed by atoms with E-state index in [4.69, 9.17) is 9.47 Å². The first kappa shape index (κ1) is 23.1. The predicted molar refractivity (Wildman–Crippen MR) is 139 cm³/mol. The van der Waals surface area contributed by atoms with Crippen LogP contribution in [0.15, 0.2) is 82.7 Å². The predicted octanol–water partition coefficient (Wildman–Crippen LogP) is 5.80. The fraction of sp³-hybridized carbons (Fsp3) is 0.0800. The minimum Gasteiger partial charge on any atom is -0.490 e. The van der Waals surface area contributed by atoms with Crippen LogP contribution in [0, 0.1) is 3.57 Å². The number of carbonyl (C=O) groups is 2. The Balaban J connectivity index is 1.55. The number of aliphatic imine (C=N–C) groups is 1. The van der Waals surface area contributed by atoms with Gasteiger partial charge in [0, 0.05) is 3.57 Å². The van der Waals surface area contributed by atoms with Gasteiger partial charge in [-0.15, -0.1) is 0 Å². The van der Waals surface area contributed by atoms with Crippen LogP contribution in [0.4, 0.5) is 5.69 Å². The van der Waals surface area contributed by atoms with Gasteiger partial charge in [-0.05, 0) is 89.3 Å². The average molecular weight is 570 g/mol. The highest BCUT2D eigenvalue weighted by atomic mass is 127. The molecule has 3 aromatic carbocycles. The maximum Gasteiger partial charge on any atom is 0.344 e. The van der Waals surface area contributed by atoms with Crippen LogP contribution < -0.4 is 14.8 Å². The number of amidine groups is 1. The number of hydrogen-bond donors (Lipinski definition) is 1. The van der Waals surface area contributed by atoms with Crippen LogP contribution in [-0.2, 0) is 4.79 Å². The molecule has 1 aliphatic heterocycles. The summed E-state index contributed by atoms with van der Waals surface area (Å²) >= 11 is 3.36. The van der Waals surface area contributed by atoms with Gasteiger partial charge >= 0.3 is 5.97 Å². The molecule has 0 spiro atoms. The number of halogens is 1. The molecular weight excluding hydrogens is 551 g/mol. The van der Waals surface area contributed by atoms with Gasteiger partial charge in [0.15, 0.2) is 16.7 Å². The zero-order valence-electron chi connectivity index (χ0n) is 17.6. The Bertz CT molecular complexity index is 1260. The molecular formula is C25H19IN2O4S. The summed E-state index contributed by atoms with van der Waals surface area (Å²) in [5, 5.41) is 3.30. The number of amides is 1. The largest absolute Gasteiger partial charge is 0.490 e. The first-order valence-electron chi connectivity index (χ1n) is 10.1. The SMILES string of the molecule is CCOc1cc(/C=C2\SC(=Nc3ccccc3)NC2=O)ccc1OC(=O)c1ccccc1I. The van der Waals surface area contributed by atoms with E-state index < -0.39 is 5.97 Å². The van der Waals surface area contributed by atoms with E-state index in [1.165, 1.54) is 11.8 Å². The fourth-order valence-corrected chi connectivity index (χ4v) is 4.45. The molecule has 0 saturated carbocycles. The lowest BCUT2D eigenvalue weighted by Gasteiger charge is -2.12. The topological polar surface area (TPSA) is 77.0 Å². The third-order valence-electron chi connectivity index (χ3n) is 4.50. The summed E-state index contributed by atoms with van der Waals surface area (Å²) in [6.45, 7) is 2.25. The summed E-state index contributed by atoms with van der Waals surface area (Å²) in [5.74, 6) is 0.0626. The van der Waals surface area contributed by atoms with Crippen molar-refractivity contribution in [1.29, 1.82) is 0 Å². The molecule has 1 saturated heterocycles. The minimum absolute atomic E-state index is 0.221. The van der Waals surface area contributed by atoms with E-state index in [1.54, 1.807) is 36.4 Å². The standard InChI is InChI=1S/C25H19IN2O4S/c1-2-31-21-14-16(12-13-20(21)32-24(30)18-10-6-7-11-19(18)26)15-22-23(29)28-25(33-22)27-17-8-4-3-5-9-17/h3-15H,2H2,1H3,(H,27,28,29)/b22-15-. The number of nitrogens with zero attached hydrogens (tertiary/aromatic N) is 1. The summed E-state index contributed by atoms with van der Waals surface area (Å²) in [6, 6.07) is 21.8. The Morgan fingerprint density at radius 3 is 2.58 bits per heavy atom. The van der Waals surface area contributed by atoms with Crippen LogP contribution >= 0.6 is 34.4 Å². The third kappa shape index (κ3) is 5.82. The molecule has 3 aromatic rings. The molecule has 0 unspecified atom stereocenters. The highest BCUT2D eigenvalue weighted by Crippen LogP contribution is 2.33. The van der Waals surface area contributed by atoms with E-state index in [1.807, 2.05) is 49.4 Å². The van der Waals surface area contributed by atoms with E-state index in [9.17, 15) is 9.59 Å². The molecule has 0 radical (unpaired) electrons. The molecule has 0 aliphatic carbocycles. The van der Waals surface area contributed by atoms with Gasteiger partial charge in [-0.1, -0.05) is 36.4 Å². The van der Waals surface area contributed by atoms with Gasteiger partial charge in [0.1, 0.15) is 0 Å². The molecule has 1 aliphatic rings. The third-order valence-corrected chi connectivity index (χ3v) is 6.35. The summed E-state index contributed by atoms with van der Waals surface area (Å²) in [4.78, 5) is 30.0. The monoisotopic (exact) mass is 570 g/mol. The maximum absolute atomic E-state index is 12.6. The second-order valence-corrected chi connectivity index (χ2v) is 9.02. The lowest BCUT2D eigenvalue weighted by atomic mass is 10.1. The lowest BCUT2D eigenvalue weighted by Crippen LogP contribution is -2.19. The quantitative estimate of drug-likeness (QED) is 0.176. The Hall–Kier alpha value is -3.11. The summed E-state index contributed by atoms with van der Waals surface area (Å²) < 4.78 is 12.1.